The van der Waals surface area contributed by atoms with Gasteiger partial charge in [0.15, 0.2) is 0 Å². The maximum absolute atomic E-state index is 12.5. The zero-order valence-corrected chi connectivity index (χ0v) is 12.9. The maximum atomic E-state index is 12.5. The molecule has 0 bridgehead atoms. The van der Waals surface area contributed by atoms with Crippen molar-refractivity contribution in [3.63, 3.8) is 0 Å². The second-order valence-electron chi connectivity index (χ2n) is 6.58. The standard InChI is InChI=1S/C15H28N4O2/c16-13(20)12-18-7-4-8-19(10-9-18)14(21)11-15(17)5-2-1-3-6-15/h1-12,17H2,(H2,16,20). The van der Waals surface area contributed by atoms with E-state index in [2.05, 4.69) is 0 Å². The molecule has 21 heavy (non-hydrogen) atoms. The van der Waals surface area contributed by atoms with Crippen LogP contribution in [0.4, 0.5) is 0 Å². The summed E-state index contributed by atoms with van der Waals surface area (Å²) in [6, 6.07) is 0. The fourth-order valence-corrected chi connectivity index (χ4v) is 3.44. The Morgan fingerprint density at radius 1 is 0.952 bits per heavy atom. The molecule has 0 aromatic rings. The molecule has 0 aromatic carbocycles. The highest BCUT2D eigenvalue weighted by Gasteiger charge is 2.32. The number of carbonyl (C=O) groups is 2. The first-order valence-corrected chi connectivity index (χ1v) is 8.06. The van der Waals surface area contributed by atoms with E-state index in [1.165, 1.54) is 6.42 Å². The highest BCUT2D eigenvalue weighted by atomic mass is 16.2. The van der Waals surface area contributed by atoms with Gasteiger partial charge in [0.1, 0.15) is 0 Å². The molecule has 0 aromatic heterocycles. The molecule has 6 heteroatoms. The van der Waals surface area contributed by atoms with Gasteiger partial charge in [0.25, 0.3) is 0 Å². The molecule has 0 radical (unpaired) electrons. The van der Waals surface area contributed by atoms with E-state index < -0.39 is 0 Å². The van der Waals surface area contributed by atoms with Gasteiger partial charge < -0.3 is 16.4 Å². The molecular weight excluding hydrogens is 268 g/mol. The van der Waals surface area contributed by atoms with Crippen molar-refractivity contribution in [3.05, 3.63) is 0 Å². The summed E-state index contributed by atoms with van der Waals surface area (Å²) >= 11 is 0. The lowest BCUT2D eigenvalue weighted by Gasteiger charge is -2.34. The molecule has 1 heterocycles. The largest absolute Gasteiger partial charge is 0.369 e. The predicted molar refractivity (Wildman–Crippen MR) is 81.5 cm³/mol. The first-order valence-electron chi connectivity index (χ1n) is 8.06. The first-order chi connectivity index (χ1) is 9.98. The van der Waals surface area contributed by atoms with Crippen molar-refractivity contribution < 1.29 is 9.59 Å². The maximum Gasteiger partial charge on any atom is 0.231 e. The van der Waals surface area contributed by atoms with Crippen LogP contribution >= 0.6 is 0 Å². The average molecular weight is 296 g/mol. The number of hydrogen-bond donors (Lipinski definition) is 2. The molecule has 1 saturated carbocycles. The van der Waals surface area contributed by atoms with Crippen molar-refractivity contribution >= 4 is 11.8 Å². The lowest BCUT2D eigenvalue weighted by Crippen LogP contribution is -2.47. The third kappa shape index (κ3) is 4.97. The third-order valence-electron chi connectivity index (χ3n) is 4.67. The van der Waals surface area contributed by atoms with Crippen LogP contribution in [0.1, 0.15) is 44.9 Å². The highest BCUT2D eigenvalue weighted by Crippen LogP contribution is 2.29. The SMILES string of the molecule is NC(=O)CN1CCCN(C(=O)CC2(N)CCCCC2)CC1. The summed E-state index contributed by atoms with van der Waals surface area (Å²) in [6.07, 6.45) is 6.77. The van der Waals surface area contributed by atoms with Crippen molar-refractivity contribution in [2.24, 2.45) is 11.5 Å². The van der Waals surface area contributed by atoms with Gasteiger partial charge in [0.2, 0.25) is 11.8 Å². The van der Waals surface area contributed by atoms with Gasteiger partial charge in [0, 0.05) is 38.1 Å². The molecule has 2 rings (SSSR count). The quantitative estimate of drug-likeness (QED) is 0.767. The minimum absolute atomic E-state index is 0.167. The van der Waals surface area contributed by atoms with Crippen molar-refractivity contribution in [3.8, 4) is 0 Å². The Bertz CT molecular complexity index is 380. The van der Waals surface area contributed by atoms with E-state index in [9.17, 15) is 9.59 Å². The number of rotatable bonds is 4. The lowest BCUT2D eigenvalue weighted by molar-refractivity contribution is -0.132. The average Bonchev–Trinajstić information content (AvgIpc) is 2.64. The van der Waals surface area contributed by atoms with Crippen molar-refractivity contribution in [2.75, 3.05) is 32.7 Å². The molecular formula is C15H28N4O2. The summed E-state index contributed by atoms with van der Waals surface area (Å²) in [4.78, 5) is 27.4. The van der Waals surface area contributed by atoms with E-state index in [4.69, 9.17) is 11.5 Å². The minimum atomic E-state index is -0.308. The van der Waals surface area contributed by atoms with Crippen LogP contribution in [0.5, 0.6) is 0 Å². The predicted octanol–water partition coefficient (Wildman–Crippen LogP) is 0.0577. The van der Waals surface area contributed by atoms with Crippen LogP contribution in [0.25, 0.3) is 0 Å². The van der Waals surface area contributed by atoms with E-state index in [1.807, 2.05) is 9.80 Å². The van der Waals surface area contributed by atoms with Crippen molar-refractivity contribution in [1.29, 1.82) is 0 Å². The Hall–Kier alpha value is -1.14. The van der Waals surface area contributed by atoms with Crippen LogP contribution in [-0.2, 0) is 9.59 Å². The summed E-state index contributed by atoms with van der Waals surface area (Å²) in [6.45, 7) is 3.24. The molecule has 120 valence electrons. The Morgan fingerprint density at radius 3 is 2.33 bits per heavy atom. The Morgan fingerprint density at radius 2 is 1.67 bits per heavy atom. The molecule has 1 aliphatic heterocycles. The van der Waals surface area contributed by atoms with E-state index >= 15 is 0 Å². The molecule has 2 aliphatic rings. The smallest absolute Gasteiger partial charge is 0.231 e. The molecule has 0 spiro atoms. The van der Waals surface area contributed by atoms with Crippen LogP contribution < -0.4 is 11.5 Å². The van der Waals surface area contributed by atoms with Gasteiger partial charge in [-0.1, -0.05) is 19.3 Å². The van der Waals surface area contributed by atoms with Crippen LogP contribution in [0, 0.1) is 0 Å². The molecule has 2 fully saturated rings. The van der Waals surface area contributed by atoms with Crippen LogP contribution in [-0.4, -0.2) is 59.9 Å². The number of nitrogens with zero attached hydrogens (tertiary/aromatic N) is 2. The monoisotopic (exact) mass is 296 g/mol. The number of hydrogen-bond acceptors (Lipinski definition) is 4. The molecule has 2 amide bonds. The summed E-state index contributed by atoms with van der Waals surface area (Å²) in [5.41, 5.74) is 11.3. The second-order valence-corrected chi connectivity index (χ2v) is 6.58. The van der Waals surface area contributed by atoms with E-state index in [0.717, 1.165) is 45.2 Å². The third-order valence-corrected chi connectivity index (χ3v) is 4.67. The van der Waals surface area contributed by atoms with Gasteiger partial charge in [0.05, 0.1) is 6.54 Å². The summed E-state index contributed by atoms with van der Waals surface area (Å²) in [7, 11) is 0. The molecule has 0 unspecified atom stereocenters. The molecule has 4 N–H and O–H groups in total. The Kier molecular flexibility index (Phi) is 5.58. The zero-order valence-electron chi connectivity index (χ0n) is 12.9. The van der Waals surface area contributed by atoms with E-state index in [-0.39, 0.29) is 23.9 Å². The van der Waals surface area contributed by atoms with Gasteiger partial charge in [-0.05, 0) is 19.3 Å². The summed E-state index contributed by atoms with van der Waals surface area (Å²) in [5.74, 6) is -0.141. The van der Waals surface area contributed by atoms with Gasteiger partial charge in [-0.3, -0.25) is 14.5 Å². The summed E-state index contributed by atoms with van der Waals surface area (Å²) in [5, 5.41) is 0. The number of primary amides is 1. The van der Waals surface area contributed by atoms with Crippen molar-refractivity contribution in [1.82, 2.24) is 9.80 Å². The van der Waals surface area contributed by atoms with Gasteiger partial charge >= 0.3 is 0 Å². The fourth-order valence-electron chi connectivity index (χ4n) is 3.44. The normalized spacial score (nSPS) is 23.6. The summed E-state index contributed by atoms with van der Waals surface area (Å²) < 4.78 is 0. The van der Waals surface area contributed by atoms with Gasteiger partial charge in [-0.2, -0.15) is 0 Å². The Labute approximate surface area is 126 Å². The molecule has 1 aliphatic carbocycles. The second kappa shape index (κ2) is 7.22. The zero-order chi connectivity index (χ0) is 15.3. The van der Waals surface area contributed by atoms with E-state index in [0.29, 0.717) is 19.5 Å². The van der Waals surface area contributed by atoms with Crippen LogP contribution in [0.2, 0.25) is 0 Å². The van der Waals surface area contributed by atoms with E-state index in [1.54, 1.807) is 0 Å². The molecule has 6 nitrogen and oxygen atoms in total. The highest BCUT2D eigenvalue weighted by molar-refractivity contribution is 5.77. The Balaban J connectivity index is 1.83. The number of amides is 2. The van der Waals surface area contributed by atoms with Gasteiger partial charge in [-0.15, -0.1) is 0 Å². The minimum Gasteiger partial charge on any atom is -0.369 e. The van der Waals surface area contributed by atoms with Gasteiger partial charge in [-0.25, -0.2) is 0 Å². The molecule has 0 atom stereocenters. The topological polar surface area (TPSA) is 92.7 Å². The number of nitrogens with two attached hydrogens (primary N) is 2. The molecule has 1 saturated heterocycles. The van der Waals surface area contributed by atoms with Crippen LogP contribution in [0.15, 0.2) is 0 Å². The van der Waals surface area contributed by atoms with Crippen molar-refractivity contribution in [2.45, 2.75) is 50.5 Å². The number of carbonyl (C=O) groups excluding carboxylic acids is 2. The van der Waals surface area contributed by atoms with Crippen LogP contribution in [0.3, 0.4) is 0 Å². The lowest BCUT2D eigenvalue weighted by atomic mass is 9.80. The fraction of sp³-hybridized carbons (Fsp3) is 0.867. The first kappa shape index (κ1) is 16.2.